The molecule has 2 saturated heterocycles. The molecule has 3 atom stereocenters. The maximum Gasteiger partial charge on any atom is 0.410 e. The van der Waals surface area contributed by atoms with E-state index in [1.807, 2.05) is 69.3 Å². The van der Waals surface area contributed by atoms with Gasteiger partial charge in [0.15, 0.2) is 0 Å². The molecule has 0 radical (unpaired) electrons. The number of halogens is 1. The molecule has 2 N–H and O–H groups in total. The Balaban J connectivity index is 0.988. The van der Waals surface area contributed by atoms with Gasteiger partial charge in [-0.3, -0.25) is 19.6 Å². The van der Waals surface area contributed by atoms with Crippen LogP contribution in [0.5, 0.6) is 0 Å². The number of nitrogens with zero attached hydrogens (tertiary/aromatic N) is 4. The molecule has 2 fully saturated rings. The summed E-state index contributed by atoms with van der Waals surface area (Å²) in [7, 11) is 0. The normalized spacial score (nSPS) is 20.2. The number of fused-ring (bicyclic) bond motifs is 2. The molecule has 2 aromatic heterocycles. The lowest BCUT2D eigenvalue weighted by molar-refractivity contribution is 0.0218. The Morgan fingerprint density at radius 2 is 1.68 bits per heavy atom. The largest absolute Gasteiger partial charge is 0.456 e. The minimum Gasteiger partial charge on any atom is -0.456 e. The minimum absolute atomic E-state index is 0.168. The molecule has 0 bridgehead atoms. The zero-order valence-electron chi connectivity index (χ0n) is 29.9. The third kappa shape index (κ3) is 6.95. The highest BCUT2D eigenvalue weighted by Gasteiger charge is 2.37. The lowest BCUT2D eigenvalue weighted by atomic mass is 10.0. The molecule has 1 unspecified atom stereocenters. The molecule has 13 heteroatoms. The fourth-order valence-electron chi connectivity index (χ4n) is 7.47. The maximum absolute atomic E-state index is 13.9. The van der Waals surface area contributed by atoms with Crippen molar-refractivity contribution in [2.45, 2.75) is 76.8 Å². The van der Waals surface area contributed by atoms with E-state index < -0.39 is 5.60 Å². The summed E-state index contributed by atoms with van der Waals surface area (Å²) in [5.41, 5.74) is 3.15. The number of carbonyl (C=O) groups excluding carboxylic acids is 2. The third-order valence-electron chi connectivity index (χ3n) is 10.0. The predicted molar refractivity (Wildman–Crippen MR) is 202 cm³/mol. The van der Waals surface area contributed by atoms with E-state index in [0.717, 1.165) is 42.6 Å². The van der Waals surface area contributed by atoms with Gasteiger partial charge in [0.2, 0.25) is 5.43 Å². The molecule has 0 spiro atoms. The van der Waals surface area contributed by atoms with Crippen molar-refractivity contribution in [1.82, 2.24) is 25.1 Å². The van der Waals surface area contributed by atoms with Crippen LogP contribution in [0, 0.1) is 0 Å². The van der Waals surface area contributed by atoms with Crippen LogP contribution in [-0.4, -0.2) is 69.1 Å². The lowest BCUT2D eigenvalue weighted by Gasteiger charge is -2.27. The summed E-state index contributed by atoms with van der Waals surface area (Å²) in [5, 5.41) is 4.68. The van der Waals surface area contributed by atoms with Gasteiger partial charge in [0.05, 0.1) is 52.4 Å². The van der Waals surface area contributed by atoms with Crippen molar-refractivity contribution in [3.05, 3.63) is 99.1 Å². The number of benzene rings is 3. The number of amidine groups is 1. The number of aromatic amines is 1. The van der Waals surface area contributed by atoms with Gasteiger partial charge in [-0.05, 0) is 81.8 Å². The molecule has 3 aliphatic rings. The van der Waals surface area contributed by atoms with E-state index in [0.29, 0.717) is 63.7 Å². The Morgan fingerprint density at radius 1 is 0.943 bits per heavy atom. The number of carbonyl (C=O) groups is 2. The Labute approximate surface area is 311 Å². The van der Waals surface area contributed by atoms with Gasteiger partial charge < -0.3 is 24.2 Å². The number of amides is 2. The lowest BCUT2D eigenvalue weighted by Crippen LogP contribution is -2.45. The van der Waals surface area contributed by atoms with Gasteiger partial charge in [-0.25, -0.2) is 14.6 Å². The number of rotatable bonds is 6. The number of ether oxygens (including phenoxy) is 2. The zero-order valence-corrected chi connectivity index (χ0v) is 30.6. The maximum atomic E-state index is 13.9. The van der Waals surface area contributed by atoms with Crippen LogP contribution in [0.2, 0.25) is 5.02 Å². The van der Waals surface area contributed by atoms with Gasteiger partial charge in [0.1, 0.15) is 35.0 Å². The SMILES string of the molecule is CC(C)(C)OC(=O)N1CCC[C@H]1c1ncc(-c2cc3oc4ccc(C5CN=C([C@@H]6CCCN6C(=O)OCc6ccccc6)N5)cc4c(=O)c3cc2Cl)[nH]1. The van der Waals surface area contributed by atoms with Gasteiger partial charge in [0.25, 0.3) is 0 Å². The summed E-state index contributed by atoms with van der Waals surface area (Å²) in [6.45, 7) is 7.42. The molecular formula is C40H41ClN6O6. The van der Waals surface area contributed by atoms with Crippen LogP contribution in [0.25, 0.3) is 33.2 Å². The fourth-order valence-corrected chi connectivity index (χ4v) is 7.74. The van der Waals surface area contributed by atoms with Crippen molar-refractivity contribution >= 4 is 51.6 Å². The number of aliphatic imine (C=N–C) groups is 1. The highest BCUT2D eigenvalue weighted by molar-refractivity contribution is 6.34. The summed E-state index contributed by atoms with van der Waals surface area (Å²) in [6, 6.07) is 18.0. The van der Waals surface area contributed by atoms with Crippen molar-refractivity contribution < 1.29 is 23.5 Å². The van der Waals surface area contributed by atoms with Crippen LogP contribution >= 0.6 is 11.6 Å². The molecule has 274 valence electrons. The quantitative estimate of drug-likeness (QED) is 0.168. The zero-order chi connectivity index (χ0) is 36.9. The number of nitrogens with one attached hydrogen (secondary N) is 2. The highest BCUT2D eigenvalue weighted by atomic mass is 35.5. The van der Waals surface area contributed by atoms with Crippen LogP contribution < -0.4 is 10.7 Å². The van der Waals surface area contributed by atoms with E-state index in [4.69, 9.17) is 30.5 Å². The van der Waals surface area contributed by atoms with Crippen LogP contribution in [-0.2, 0) is 16.1 Å². The van der Waals surface area contributed by atoms with E-state index in [-0.39, 0.29) is 42.3 Å². The van der Waals surface area contributed by atoms with Crippen molar-refractivity contribution in [3.8, 4) is 11.3 Å². The standard InChI is InChI=1S/C40H41ClN6O6/c1-40(2,3)53-39(50)47-16-8-12-32(47)37-43-21-30(45-37)25-19-34-27(18-28(25)41)35(48)26-17-24(13-14-33(26)52-34)29-20-42-36(44-29)31-11-7-15-46(31)38(49)51-22-23-9-5-4-6-10-23/h4-6,9-10,13-14,17-19,21,29,31-32H,7-8,11-12,15-16,20,22H2,1-3H3,(H,42,44)(H,43,45)/t29?,31-,32-/m0/s1. The van der Waals surface area contributed by atoms with Crippen molar-refractivity contribution in [1.29, 1.82) is 0 Å². The second-order valence-electron chi connectivity index (χ2n) is 14.8. The van der Waals surface area contributed by atoms with E-state index in [1.165, 1.54) is 0 Å². The molecule has 3 aliphatic heterocycles. The first-order valence-electron chi connectivity index (χ1n) is 18.1. The van der Waals surface area contributed by atoms with Crippen molar-refractivity contribution in [2.75, 3.05) is 19.6 Å². The summed E-state index contributed by atoms with van der Waals surface area (Å²) in [4.78, 5) is 56.0. The van der Waals surface area contributed by atoms with E-state index in [2.05, 4.69) is 15.3 Å². The number of hydrogen-bond acceptors (Lipinski definition) is 9. The summed E-state index contributed by atoms with van der Waals surface area (Å²) in [6.07, 6.45) is 4.21. The second-order valence-corrected chi connectivity index (χ2v) is 15.3. The Kier molecular flexibility index (Phi) is 9.10. The molecule has 3 aromatic carbocycles. The Bertz CT molecular complexity index is 2300. The fraction of sp³-hybridized carbons (Fsp3) is 0.375. The average molecular weight is 737 g/mol. The molecule has 12 nitrogen and oxygen atoms in total. The number of hydrogen-bond donors (Lipinski definition) is 2. The highest BCUT2D eigenvalue weighted by Crippen LogP contribution is 2.36. The van der Waals surface area contributed by atoms with Crippen LogP contribution in [0.4, 0.5) is 9.59 Å². The molecular weight excluding hydrogens is 696 g/mol. The number of imidazole rings is 1. The molecule has 0 saturated carbocycles. The summed E-state index contributed by atoms with van der Waals surface area (Å²) in [5.74, 6) is 1.39. The van der Waals surface area contributed by atoms with Crippen molar-refractivity contribution in [2.24, 2.45) is 4.99 Å². The van der Waals surface area contributed by atoms with Gasteiger partial charge >= 0.3 is 12.2 Å². The average Bonchev–Trinajstić information content (AvgIpc) is 3.97. The molecule has 5 aromatic rings. The number of aromatic nitrogens is 2. The summed E-state index contributed by atoms with van der Waals surface area (Å²) >= 11 is 6.80. The summed E-state index contributed by atoms with van der Waals surface area (Å²) < 4.78 is 17.5. The van der Waals surface area contributed by atoms with E-state index >= 15 is 0 Å². The van der Waals surface area contributed by atoms with Gasteiger partial charge in [-0.15, -0.1) is 0 Å². The van der Waals surface area contributed by atoms with Crippen LogP contribution in [0.3, 0.4) is 0 Å². The first-order valence-corrected chi connectivity index (χ1v) is 18.4. The topological polar surface area (TPSA) is 142 Å². The Morgan fingerprint density at radius 3 is 2.45 bits per heavy atom. The van der Waals surface area contributed by atoms with E-state index in [1.54, 1.807) is 28.1 Å². The van der Waals surface area contributed by atoms with Gasteiger partial charge in [-0.1, -0.05) is 48.0 Å². The first kappa shape index (κ1) is 34.7. The second kappa shape index (κ2) is 13.9. The molecule has 53 heavy (non-hydrogen) atoms. The Hall–Kier alpha value is -5.36. The minimum atomic E-state index is -0.600. The smallest absolute Gasteiger partial charge is 0.410 e. The van der Waals surface area contributed by atoms with Crippen LogP contribution in [0.1, 0.15) is 75.5 Å². The van der Waals surface area contributed by atoms with Gasteiger partial charge in [-0.2, -0.15) is 0 Å². The first-order chi connectivity index (χ1) is 25.5. The molecule has 2 amide bonds. The molecule has 8 rings (SSSR count). The molecule has 0 aliphatic carbocycles. The monoisotopic (exact) mass is 736 g/mol. The van der Waals surface area contributed by atoms with Crippen molar-refractivity contribution in [3.63, 3.8) is 0 Å². The predicted octanol–water partition coefficient (Wildman–Crippen LogP) is 7.91. The van der Waals surface area contributed by atoms with E-state index in [9.17, 15) is 14.4 Å². The van der Waals surface area contributed by atoms with Gasteiger partial charge in [0, 0.05) is 18.7 Å². The third-order valence-corrected chi connectivity index (χ3v) is 10.4. The van der Waals surface area contributed by atoms with Crippen LogP contribution in [0.15, 0.2) is 81.1 Å². The molecule has 5 heterocycles. The number of likely N-dealkylation sites (tertiary alicyclic amines) is 2. The number of H-pyrrole nitrogens is 1.